The summed E-state index contributed by atoms with van der Waals surface area (Å²) in [6.45, 7) is 12.5. The van der Waals surface area contributed by atoms with Crippen molar-refractivity contribution in [2.24, 2.45) is 10.9 Å². The smallest absolute Gasteiger partial charge is 0.191 e. The first kappa shape index (κ1) is 23.9. The lowest BCUT2D eigenvalue weighted by atomic mass is 10.1. The second-order valence-electron chi connectivity index (χ2n) is 7.13. The Hall–Kier alpha value is -1.09. The first-order chi connectivity index (χ1) is 12.7. The van der Waals surface area contributed by atoms with E-state index in [2.05, 4.69) is 47.4 Å². The quantitative estimate of drug-likeness (QED) is 0.228. The molecule has 1 saturated heterocycles. The molecular formula is C20H36IN5O. The van der Waals surface area contributed by atoms with Crippen LogP contribution in [-0.2, 0) is 11.3 Å². The monoisotopic (exact) mass is 489 g/mol. The van der Waals surface area contributed by atoms with Crippen LogP contribution >= 0.6 is 24.0 Å². The molecule has 7 heteroatoms. The minimum Gasteiger partial charge on any atom is -0.380 e. The average Bonchev–Trinajstić information content (AvgIpc) is 3.17. The third-order valence-electron chi connectivity index (χ3n) is 4.38. The highest BCUT2D eigenvalue weighted by Gasteiger charge is 2.13. The van der Waals surface area contributed by atoms with E-state index in [4.69, 9.17) is 9.73 Å². The van der Waals surface area contributed by atoms with E-state index in [1.165, 1.54) is 18.4 Å². The SMILES string of the molecule is CCNC(=NCc1ccnc(N2CCCC2)c1)NCCOCCC(C)C.I. The average molecular weight is 489 g/mol. The third-order valence-corrected chi connectivity index (χ3v) is 4.38. The standard InChI is InChI=1S/C20H35N5O.HI/c1-4-21-20(23-10-14-26-13-8-17(2)3)24-16-18-7-9-22-19(15-18)25-11-5-6-12-25;/h7,9,15,17H,4-6,8,10-14,16H2,1-3H3,(H2,21,23,24);1H. The summed E-state index contributed by atoms with van der Waals surface area (Å²) in [5, 5.41) is 6.63. The maximum atomic E-state index is 5.65. The molecule has 6 nitrogen and oxygen atoms in total. The molecule has 0 radical (unpaired) electrons. The predicted molar refractivity (Wildman–Crippen MR) is 124 cm³/mol. The lowest BCUT2D eigenvalue weighted by molar-refractivity contribution is 0.128. The summed E-state index contributed by atoms with van der Waals surface area (Å²) in [4.78, 5) is 11.5. The first-order valence-corrected chi connectivity index (χ1v) is 9.99. The molecular weight excluding hydrogens is 453 g/mol. The fourth-order valence-electron chi connectivity index (χ4n) is 2.85. The van der Waals surface area contributed by atoms with Gasteiger partial charge in [0.25, 0.3) is 0 Å². The van der Waals surface area contributed by atoms with Crippen LogP contribution in [0.5, 0.6) is 0 Å². The molecule has 0 bridgehead atoms. The van der Waals surface area contributed by atoms with Gasteiger partial charge in [-0.2, -0.15) is 0 Å². The molecule has 1 fully saturated rings. The number of nitrogens with zero attached hydrogens (tertiary/aromatic N) is 3. The molecule has 1 aromatic rings. The Bertz CT molecular complexity index is 547. The largest absolute Gasteiger partial charge is 0.380 e. The summed E-state index contributed by atoms with van der Waals surface area (Å²) < 4.78 is 5.65. The van der Waals surface area contributed by atoms with E-state index in [0.29, 0.717) is 19.1 Å². The Morgan fingerprint density at radius 2 is 2.04 bits per heavy atom. The fourth-order valence-corrected chi connectivity index (χ4v) is 2.85. The second kappa shape index (κ2) is 14.0. The van der Waals surface area contributed by atoms with Gasteiger partial charge in [-0.05, 0) is 49.8 Å². The van der Waals surface area contributed by atoms with Gasteiger partial charge in [-0.25, -0.2) is 9.98 Å². The van der Waals surface area contributed by atoms with E-state index in [0.717, 1.165) is 51.0 Å². The fraction of sp³-hybridized carbons (Fsp3) is 0.700. The number of aromatic nitrogens is 1. The molecule has 0 aromatic carbocycles. The van der Waals surface area contributed by atoms with Crippen LogP contribution in [0.4, 0.5) is 5.82 Å². The van der Waals surface area contributed by atoms with Crippen molar-refractivity contribution in [2.45, 2.75) is 46.6 Å². The predicted octanol–water partition coefficient (Wildman–Crippen LogP) is 3.42. The van der Waals surface area contributed by atoms with Crippen LogP contribution in [0.15, 0.2) is 23.3 Å². The molecule has 0 amide bonds. The van der Waals surface area contributed by atoms with Crippen molar-refractivity contribution < 1.29 is 4.74 Å². The molecule has 2 N–H and O–H groups in total. The number of halogens is 1. The molecule has 0 spiro atoms. The molecule has 2 heterocycles. The van der Waals surface area contributed by atoms with Gasteiger partial charge in [-0.3, -0.25) is 0 Å². The third kappa shape index (κ3) is 9.60. The summed E-state index contributed by atoms with van der Waals surface area (Å²) in [7, 11) is 0. The van der Waals surface area contributed by atoms with Crippen LogP contribution < -0.4 is 15.5 Å². The number of guanidine groups is 1. The molecule has 0 saturated carbocycles. The first-order valence-electron chi connectivity index (χ1n) is 9.99. The van der Waals surface area contributed by atoms with Crippen LogP contribution in [0.25, 0.3) is 0 Å². The zero-order valence-electron chi connectivity index (χ0n) is 17.0. The Labute approximate surface area is 181 Å². The van der Waals surface area contributed by atoms with Crippen molar-refractivity contribution in [3.05, 3.63) is 23.9 Å². The Morgan fingerprint density at radius 1 is 1.26 bits per heavy atom. The number of rotatable bonds is 10. The minimum atomic E-state index is 0. The van der Waals surface area contributed by atoms with Crippen molar-refractivity contribution in [1.82, 2.24) is 15.6 Å². The van der Waals surface area contributed by atoms with Gasteiger partial charge in [0, 0.05) is 39.0 Å². The van der Waals surface area contributed by atoms with Gasteiger partial charge in [-0.1, -0.05) is 13.8 Å². The topological polar surface area (TPSA) is 61.8 Å². The minimum absolute atomic E-state index is 0. The van der Waals surface area contributed by atoms with Crippen molar-refractivity contribution in [3.63, 3.8) is 0 Å². The molecule has 1 aliphatic rings. The summed E-state index contributed by atoms with van der Waals surface area (Å²) in [5.41, 5.74) is 1.19. The summed E-state index contributed by atoms with van der Waals surface area (Å²) in [5.74, 6) is 2.60. The van der Waals surface area contributed by atoms with E-state index >= 15 is 0 Å². The lowest BCUT2D eigenvalue weighted by Gasteiger charge is -2.16. The van der Waals surface area contributed by atoms with Crippen LogP contribution in [0.3, 0.4) is 0 Å². The summed E-state index contributed by atoms with van der Waals surface area (Å²) >= 11 is 0. The van der Waals surface area contributed by atoms with Crippen molar-refractivity contribution in [2.75, 3.05) is 44.3 Å². The Kier molecular flexibility index (Phi) is 12.4. The van der Waals surface area contributed by atoms with Gasteiger partial charge < -0.3 is 20.3 Å². The molecule has 1 aromatic heterocycles. The number of nitrogens with one attached hydrogen (secondary N) is 2. The van der Waals surface area contributed by atoms with Gasteiger partial charge in [0.15, 0.2) is 5.96 Å². The van der Waals surface area contributed by atoms with Crippen molar-refractivity contribution in [1.29, 1.82) is 0 Å². The Morgan fingerprint density at radius 3 is 2.74 bits per heavy atom. The van der Waals surface area contributed by atoms with E-state index in [9.17, 15) is 0 Å². The van der Waals surface area contributed by atoms with Gasteiger partial charge in [-0.15, -0.1) is 24.0 Å². The zero-order valence-corrected chi connectivity index (χ0v) is 19.4. The Balaban J connectivity index is 0.00000364. The molecule has 0 aliphatic carbocycles. The molecule has 1 aliphatic heterocycles. The molecule has 27 heavy (non-hydrogen) atoms. The van der Waals surface area contributed by atoms with E-state index in [1.807, 2.05) is 12.3 Å². The zero-order chi connectivity index (χ0) is 18.6. The van der Waals surface area contributed by atoms with E-state index in [1.54, 1.807) is 0 Å². The lowest BCUT2D eigenvalue weighted by Crippen LogP contribution is -2.39. The van der Waals surface area contributed by atoms with Gasteiger partial charge in [0.1, 0.15) is 5.82 Å². The summed E-state index contributed by atoms with van der Waals surface area (Å²) in [6, 6.07) is 4.20. The second-order valence-corrected chi connectivity index (χ2v) is 7.13. The number of hydrogen-bond acceptors (Lipinski definition) is 4. The highest BCUT2D eigenvalue weighted by molar-refractivity contribution is 14.0. The number of pyridine rings is 1. The van der Waals surface area contributed by atoms with Crippen LogP contribution in [0.2, 0.25) is 0 Å². The molecule has 0 atom stereocenters. The number of anilines is 1. The van der Waals surface area contributed by atoms with Gasteiger partial charge >= 0.3 is 0 Å². The molecule has 2 rings (SSSR count). The van der Waals surface area contributed by atoms with Crippen LogP contribution in [-0.4, -0.2) is 50.3 Å². The number of aliphatic imine (C=N–C) groups is 1. The number of ether oxygens (including phenoxy) is 1. The summed E-state index contributed by atoms with van der Waals surface area (Å²) in [6.07, 6.45) is 5.52. The van der Waals surface area contributed by atoms with E-state index < -0.39 is 0 Å². The highest BCUT2D eigenvalue weighted by atomic mass is 127. The maximum Gasteiger partial charge on any atom is 0.191 e. The maximum absolute atomic E-state index is 5.65. The normalized spacial score (nSPS) is 14.4. The number of hydrogen-bond donors (Lipinski definition) is 2. The van der Waals surface area contributed by atoms with Crippen molar-refractivity contribution >= 4 is 35.8 Å². The van der Waals surface area contributed by atoms with E-state index in [-0.39, 0.29) is 24.0 Å². The molecule has 154 valence electrons. The van der Waals surface area contributed by atoms with Crippen LogP contribution in [0, 0.1) is 5.92 Å². The molecule has 0 unspecified atom stereocenters. The van der Waals surface area contributed by atoms with Crippen molar-refractivity contribution in [3.8, 4) is 0 Å². The highest BCUT2D eigenvalue weighted by Crippen LogP contribution is 2.18. The van der Waals surface area contributed by atoms with Gasteiger partial charge in [0.05, 0.1) is 13.2 Å². The van der Waals surface area contributed by atoms with Crippen LogP contribution in [0.1, 0.15) is 45.6 Å². The van der Waals surface area contributed by atoms with Gasteiger partial charge in [0.2, 0.25) is 0 Å².